The Labute approximate surface area is 69.8 Å². The van der Waals surface area contributed by atoms with Crippen LogP contribution in [-0.4, -0.2) is 23.5 Å². The van der Waals surface area contributed by atoms with E-state index in [1.165, 1.54) is 45.1 Å². The molecule has 0 aromatic heterocycles. The second-order valence-corrected chi connectivity index (χ2v) is 4.07. The molecule has 0 N–H and O–H groups in total. The van der Waals surface area contributed by atoms with E-state index in [2.05, 4.69) is 11.8 Å². The number of hydrogen-bond acceptors (Lipinski definition) is 1. The third kappa shape index (κ3) is 1.31. The number of rotatable bonds is 2. The average molecular weight is 153 g/mol. The Morgan fingerprint density at radius 3 is 2.36 bits per heavy atom. The monoisotopic (exact) mass is 153 g/mol. The van der Waals surface area contributed by atoms with Crippen molar-refractivity contribution in [3.63, 3.8) is 0 Å². The number of fused-ring (bicyclic) bond motifs is 3. The SMILES string of the molecule is CCCN1C2CCCCC1C2. The lowest BCUT2D eigenvalue weighted by atomic mass is 9.91. The summed E-state index contributed by atoms with van der Waals surface area (Å²) in [5, 5.41) is 0. The predicted molar refractivity (Wildman–Crippen MR) is 47.7 cm³/mol. The molecular formula is C10H19N. The predicted octanol–water partition coefficient (Wildman–Crippen LogP) is 2.41. The molecule has 2 saturated heterocycles. The molecule has 0 radical (unpaired) electrons. The van der Waals surface area contributed by atoms with Gasteiger partial charge in [0.1, 0.15) is 0 Å². The fourth-order valence-corrected chi connectivity index (χ4v) is 2.70. The van der Waals surface area contributed by atoms with E-state index in [1.807, 2.05) is 0 Å². The molecule has 11 heavy (non-hydrogen) atoms. The normalized spacial score (nSPS) is 37.9. The fourth-order valence-electron chi connectivity index (χ4n) is 2.70. The van der Waals surface area contributed by atoms with Gasteiger partial charge in [0.05, 0.1) is 0 Å². The van der Waals surface area contributed by atoms with Gasteiger partial charge in [-0.1, -0.05) is 19.8 Å². The first-order valence-electron chi connectivity index (χ1n) is 5.17. The number of nitrogens with zero attached hydrogens (tertiary/aromatic N) is 1. The van der Waals surface area contributed by atoms with Crippen LogP contribution in [0.2, 0.25) is 0 Å². The topological polar surface area (TPSA) is 3.24 Å². The highest BCUT2D eigenvalue weighted by molar-refractivity contribution is 4.94. The summed E-state index contributed by atoms with van der Waals surface area (Å²) >= 11 is 0. The molecule has 3 rings (SSSR count). The summed E-state index contributed by atoms with van der Waals surface area (Å²) < 4.78 is 0. The summed E-state index contributed by atoms with van der Waals surface area (Å²) in [5.74, 6) is 0. The lowest BCUT2D eigenvalue weighted by Gasteiger charge is -2.47. The molecular weight excluding hydrogens is 134 g/mol. The molecule has 1 nitrogen and oxygen atoms in total. The zero-order valence-electron chi connectivity index (χ0n) is 7.55. The van der Waals surface area contributed by atoms with Crippen molar-refractivity contribution in [2.75, 3.05) is 6.54 Å². The summed E-state index contributed by atoms with van der Waals surface area (Å²) in [7, 11) is 0. The van der Waals surface area contributed by atoms with Crippen LogP contribution in [0.4, 0.5) is 0 Å². The van der Waals surface area contributed by atoms with Crippen molar-refractivity contribution in [2.24, 2.45) is 0 Å². The van der Waals surface area contributed by atoms with E-state index in [1.54, 1.807) is 0 Å². The minimum absolute atomic E-state index is 0.988. The van der Waals surface area contributed by atoms with Gasteiger partial charge in [-0.25, -0.2) is 0 Å². The van der Waals surface area contributed by atoms with E-state index < -0.39 is 0 Å². The van der Waals surface area contributed by atoms with Crippen LogP contribution in [0, 0.1) is 0 Å². The highest BCUT2D eigenvalue weighted by atomic mass is 15.2. The van der Waals surface area contributed by atoms with Gasteiger partial charge in [0.2, 0.25) is 0 Å². The zero-order valence-corrected chi connectivity index (χ0v) is 7.55. The molecule has 2 atom stereocenters. The molecule has 1 saturated carbocycles. The molecule has 1 heteroatoms. The quantitative estimate of drug-likeness (QED) is 0.589. The van der Waals surface area contributed by atoms with Gasteiger partial charge in [0.15, 0.2) is 0 Å². The zero-order chi connectivity index (χ0) is 7.68. The van der Waals surface area contributed by atoms with E-state index in [-0.39, 0.29) is 0 Å². The Bertz CT molecular complexity index is 117. The van der Waals surface area contributed by atoms with E-state index in [0.29, 0.717) is 0 Å². The Morgan fingerprint density at radius 1 is 1.18 bits per heavy atom. The molecule has 2 unspecified atom stereocenters. The van der Waals surface area contributed by atoms with Crippen LogP contribution in [0.3, 0.4) is 0 Å². The van der Waals surface area contributed by atoms with Crippen LogP contribution < -0.4 is 0 Å². The standard InChI is InChI=1S/C10H19N/c1-2-7-11-9-5-3-4-6-10(11)8-9/h9-10H,2-8H2,1H3. The fraction of sp³-hybridized carbons (Fsp3) is 1.00. The Balaban J connectivity index is 1.90. The molecule has 3 aliphatic rings. The van der Waals surface area contributed by atoms with Crippen molar-refractivity contribution in [3.05, 3.63) is 0 Å². The molecule has 0 aromatic carbocycles. The van der Waals surface area contributed by atoms with Crippen molar-refractivity contribution in [1.29, 1.82) is 0 Å². The largest absolute Gasteiger partial charge is 0.297 e. The van der Waals surface area contributed by atoms with Gasteiger partial charge in [-0.3, -0.25) is 4.90 Å². The third-order valence-corrected chi connectivity index (χ3v) is 3.29. The van der Waals surface area contributed by atoms with Gasteiger partial charge in [-0.15, -0.1) is 0 Å². The molecule has 3 fully saturated rings. The molecule has 2 aliphatic heterocycles. The van der Waals surface area contributed by atoms with Gasteiger partial charge >= 0.3 is 0 Å². The Morgan fingerprint density at radius 2 is 1.82 bits per heavy atom. The Kier molecular flexibility index (Phi) is 2.17. The molecule has 64 valence electrons. The lowest BCUT2D eigenvalue weighted by molar-refractivity contribution is 0.0198. The molecule has 2 heterocycles. The smallest absolute Gasteiger partial charge is 0.0113 e. The summed E-state index contributed by atoms with van der Waals surface area (Å²) in [4.78, 5) is 2.74. The first kappa shape index (κ1) is 7.60. The van der Waals surface area contributed by atoms with Crippen LogP contribution in [0.25, 0.3) is 0 Å². The summed E-state index contributed by atoms with van der Waals surface area (Å²) in [6.45, 7) is 3.65. The maximum absolute atomic E-state index is 2.74. The average Bonchev–Trinajstić information content (AvgIpc) is 2.32. The summed E-state index contributed by atoms with van der Waals surface area (Å²) in [5.41, 5.74) is 0. The molecule has 1 aliphatic carbocycles. The van der Waals surface area contributed by atoms with E-state index in [0.717, 1.165) is 12.1 Å². The van der Waals surface area contributed by atoms with Crippen molar-refractivity contribution in [2.45, 2.75) is 57.5 Å². The van der Waals surface area contributed by atoms with E-state index >= 15 is 0 Å². The van der Waals surface area contributed by atoms with E-state index in [4.69, 9.17) is 0 Å². The van der Waals surface area contributed by atoms with Gasteiger partial charge in [-0.05, 0) is 32.2 Å². The Hall–Kier alpha value is -0.0400. The minimum atomic E-state index is 0.988. The van der Waals surface area contributed by atoms with Crippen molar-refractivity contribution in [1.82, 2.24) is 4.90 Å². The van der Waals surface area contributed by atoms with Crippen LogP contribution in [0.15, 0.2) is 0 Å². The van der Waals surface area contributed by atoms with E-state index in [9.17, 15) is 0 Å². The van der Waals surface area contributed by atoms with Crippen LogP contribution >= 0.6 is 0 Å². The van der Waals surface area contributed by atoms with Crippen molar-refractivity contribution >= 4 is 0 Å². The maximum Gasteiger partial charge on any atom is 0.0113 e. The summed E-state index contributed by atoms with van der Waals surface area (Å²) in [6, 6.07) is 1.98. The first-order chi connectivity index (χ1) is 5.42. The van der Waals surface area contributed by atoms with Gasteiger partial charge in [0, 0.05) is 12.1 Å². The van der Waals surface area contributed by atoms with Crippen LogP contribution in [0.5, 0.6) is 0 Å². The highest BCUT2D eigenvalue weighted by Crippen LogP contribution is 2.36. The second kappa shape index (κ2) is 3.14. The molecule has 0 spiro atoms. The third-order valence-electron chi connectivity index (χ3n) is 3.29. The maximum atomic E-state index is 2.74. The first-order valence-corrected chi connectivity index (χ1v) is 5.17. The number of hydrogen-bond donors (Lipinski definition) is 0. The van der Waals surface area contributed by atoms with Gasteiger partial charge < -0.3 is 0 Å². The van der Waals surface area contributed by atoms with Crippen molar-refractivity contribution in [3.8, 4) is 0 Å². The molecule has 0 aromatic rings. The van der Waals surface area contributed by atoms with Crippen molar-refractivity contribution < 1.29 is 0 Å². The minimum Gasteiger partial charge on any atom is -0.297 e. The van der Waals surface area contributed by atoms with Gasteiger partial charge in [0.25, 0.3) is 0 Å². The van der Waals surface area contributed by atoms with Gasteiger partial charge in [-0.2, -0.15) is 0 Å². The molecule has 0 amide bonds. The van der Waals surface area contributed by atoms with Crippen LogP contribution in [0.1, 0.15) is 45.4 Å². The second-order valence-electron chi connectivity index (χ2n) is 4.07. The molecule has 2 bridgehead atoms. The van der Waals surface area contributed by atoms with Crippen LogP contribution in [-0.2, 0) is 0 Å². The lowest BCUT2D eigenvalue weighted by Crippen LogP contribution is -2.54. The highest BCUT2D eigenvalue weighted by Gasteiger charge is 2.38. The summed E-state index contributed by atoms with van der Waals surface area (Å²) in [6.07, 6.45) is 8.79.